The van der Waals surface area contributed by atoms with Gasteiger partial charge in [-0.1, -0.05) is 31.8 Å². The van der Waals surface area contributed by atoms with Gasteiger partial charge in [-0.25, -0.2) is 4.99 Å². The van der Waals surface area contributed by atoms with E-state index in [1.54, 1.807) is 0 Å². The molecule has 1 aliphatic heterocycles. The summed E-state index contributed by atoms with van der Waals surface area (Å²) in [7, 11) is 0. The van der Waals surface area contributed by atoms with E-state index >= 15 is 0 Å². The molecule has 3 heteroatoms. The molecule has 0 aromatic heterocycles. The molecule has 0 spiro atoms. The molecule has 1 atom stereocenters. The minimum absolute atomic E-state index is 0.274. The molecule has 0 aliphatic carbocycles. The number of aliphatic hydroxyl groups is 1. The van der Waals surface area contributed by atoms with Crippen LogP contribution in [0.25, 0.3) is 0 Å². The maximum absolute atomic E-state index is 9.28. The lowest BCUT2D eigenvalue weighted by Gasteiger charge is -2.33. The molecule has 0 fully saturated rings. The normalized spacial score (nSPS) is 22.0. The first-order valence-corrected chi connectivity index (χ1v) is 8.41. The van der Waals surface area contributed by atoms with Gasteiger partial charge in [-0.15, -0.1) is 6.58 Å². The van der Waals surface area contributed by atoms with Crippen molar-refractivity contribution in [1.82, 2.24) is 0 Å². The number of quaternary nitrogens is 1. The van der Waals surface area contributed by atoms with E-state index in [-0.39, 0.29) is 6.61 Å². The molecule has 0 aromatic rings. The molecule has 1 rings (SSSR count). The maximum atomic E-state index is 9.28. The Morgan fingerprint density at radius 1 is 1.20 bits per heavy atom. The lowest BCUT2D eigenvalue weighted by molar-refractivity contribution is -0.835. The first-order valence-electron chi connectivity index (χ1n) is 8.41. The Hall–Kier alpha value is -0.670. The number of hydrogen-bond donors (Lipinski definition) is 1. The molecule has 116 valence electrons. The van der Waals surface area contributed by atoms with Crippen molar-refractivity contribution in [2.45, 2.75) is 58.3 Å². The number of hydrogen-bond acceptors (Lipinski definition) is 2. The van der Waals surface area contributed by atoms with Gasteiger partial charge in [-0.05, 0) is 26.2 Å². The van der Waals surface area contributed by atoms with E-state index in [9.17, 15) is 5.11 Å². The highest BCUT2D eigenvalue weighted by Crippen LogP contribution is 2.19. The molecule has 20 heavy (non-hydrogen) atoms. The third-order valence-electron chi connectivity index (χ3n) is 4.56. The molecule has 1 heterocycles. The molecule has 0 amide bonds. The molecule has 1 aliphatic rings. The SMILES string of the molecule is C=CCCCCCCCCC1=NCC[N+]1(CC)CCO. The number of aliphatic imine (C=N–C) groups is 1. The molecule has 0 bridgehead atoms. The second kappa shape index (κ2) is 10.1. The fraction of sp³-hybridized carbons (Fsp3) is 0.824. The Kier molecular flexibility index (Phi) is 8.79. The van der Waals surface area contributed by atoms with Gasteiger partial charge in [0, 0.05) is 6.42 Å². The molecule has 1 unspecified atom stereocenters. The van der Waals surface area contributed by atoms with Gasteiger partial charge in [0.25, 0.3) is 0 Å². The van der Waals surface area contributed by atoms with Gasteiger partial charge >= 0.3 is 0 Å². The van der Waals surface area contributed by atoms with E-state index in [0.717, 1.165) is 43.5 Å². The minimum atomic E-state index is 0.274. The van der Waals surface area contributed by atoms with Gasteiger partial charge < -0.3 is 5.11 Å². The van der Waals surface area contributed by atoms with E-state index < -0.39 is 0 Å². The van der Waals surface area contributed by atoms with Crippen LogP contribution in [0.15, 0.2) is 17.6 Å². The summed E-state index contributed by atoms with van der Waals surface area (Å²) in [5.41, 5.74) is 0. The lowest BCUT2D eigenvalue weighted by Crippen LogP contribution is -2.52. The summed E-state index contributed by atoms with van der Waals surface area (Å²) < 4.78 is 0.940. The predicted molar refractivity (Wildman–Crippen MR) is 87.1 cm³/mol. The summed E-state index contributed by atoms with van der Waals surface area (Å²) in [5.74, 6) is 1.34. The van der Waals surface area contributed by atoms with Gasteiger partial charge in [0.15, 0.2) is 5.84 Å². The van der Waals surface area contributed by atoms with Gasteiger partial charge in [0.1, 0.15) is 13.1 Å². The molecule has 0 saturated heterocycles. The van der Waals surface area contributed by atoms with Crippen LogP contribution in [-0.4, -0.2) is 48.2 Å². The summed E-state index contributed by atoms with van der Waals surface area (Å²) in [6.45, 7) is 10.2. The van der Waals surface area contributed by atoms with Crippen molar-refractivity contribution in [3.8, 4) is 0 Å². The van der Waals surface area contributed by atoms with Crippen LogP contribution in [0.2, 0.25) is 0 Å². The highest BCUT2D eigenvalue weighted by Gasteiger charge is 2.35. The minimum Gasteiger partial charge on any atom is -0.390 e. The Bertz CT molecular complexity index is 301. The number of likely N-dealkylation sites (N-methyl/N-ethyl adjacent to an activating group) is 1. The fourth-order valence-electron chi connectivity index (χ4n) is 3.18. The van der Waals surface area contributed by atoms with Crippen molar-refractivity contribution < 1.29 is 9.59 Å². The summed E-state index contributed by atoms with van der Waals surface area (Å²) in [4.78, 5) is 4.70. The standard InChI is InChI=1S/C17H33N2O/c1-3-5-6-7-8-9-10-11-12-17-18-13-14-19(17,4-2)15-16-20/h3,20H,1,4-16H2,2H3/q+1. The van der Waals surface area contributed by atoms with Crippen molar-refractivity contribution in [3.05, 3.63) is 12.7 Å². The highest BCUT2D eigenvalue weighted by molar-refractivity contribution is 5.76. The summed E-state index contributed by atoms with van der Waals surface area (Å²) in [6.07, 6.45) is 12.2. The first kappa shape index (κ1) is 17.4. The molecule has 0 radical (unpaired) electrons. The number of amidine groups is 1. The average molecular weight is 281 g/mol. The Labute approximate surface area is 125 Å². The van der Waals surface area contributed by atoms with Crippen molar-refractivity contribution in [1.29, 1.82) is 0 Å². The second-order valence-corrected chi connectivity index (χ2v) is 5.88. The summed E-state index contributed by atoms with van der Waals surface area (Å²) >= 11 is 0. The molecule has 3 nitrogen and oxygen atoms in total. The first-order chi connectivity index (χ1) is 9.79. The van der Waals surface area contributed by atoms with Crippen LogP contribution >= 0.6 is 0 Å². The monoisotopic (exact) mass is 281 g/mol. The van der Waals surface area contributed by atoms with Crippen molar-refractivity contribution >= 4 is 5.84 Å². The number of aliphatic hydroxyl groups excluding tert-OH is 1. The Morgan fingerprint density at radius 2 is 1.90 bits per heavy atom. The number of allylic oxidation sites excluding steroid dienone is 1. The zero-order valence-corrected chi connectivity index (χ0v) is 13.3. The highest BCUT2D eigenvalue weighted by atomic mass is 16.3. The van der Waals surface area contributed by atoms with Crippen molar-refractivity contribution in [3.63, 3.8) is 0 Å². The van der Waals surface area contributed by atoms with Crippen LogP contribution in [0.1, 0.15) is 58.3 Å². The van der Waals surface area contributed by atoms with Crippen molar-refractivity contribution in [2.24, 2.45) is 4.99 Å². The van der Waals surface area contributed by atoms with E-state index in [4.69, 9.17) is 4.99 Å². The lowest BCUT2D eigenvalue weighted by atomic mass is 10.1. The molecule has 1 N–H and O–H groups in total. The second-order valence-electron chi connectivity index (χ2n) is 5.88. The van der Waals surface area contributed by atoms with E-state index in [1.165, 1.54) is 44.4 Å². The summed E-state index contributed by atoms with van der Waals surface area (Å²) in [6, 6.07) is 0. The van der Waals surface area contributed by atoms with E-state index in [1.807, 2.05) is 6.08 Å². The summed E-state index contributed by atoms with van der Waals surface area (Å²) in [5, 5.41) is 9.28. The Balaban J connectivity index is 2.16. The van der Waals surface area contributed by atoms with Gasteiger partial charge in [-0.2, -0.15) is 0 Å². The van der Waals surface area contributed by atoms with Crippen molar-refractivity contribution in [2.75, 3.05) is 32.8 Å². The quantitative estimate of drug-likeness (QED) is 0.331. The Morgan fingerprint density at radius 3 is 2.55 bits per heavy atom. The smallest absolute Gasteiger partial charge is 0.198 e. The number of rotatable bonds is 12. The van der Waals surface area contributed by atoms with Crippen LogP contribution in [0, 0.1) is 0 Å². The average Bonchev–Trinajstić information content (AvgIpc) is 2.86. The molecule has 0 aromatic carbocycles. The third kappa shape index (κ3) is 5.37. The van der Waals surface area contributed by atoms with Gasteiger partial charge in [-0.3, -0.25) is 4.48 Å². The number of unbranched alkanes of at least 4 members (excludes halogenated alkanes) is 6. The maximum Gasteiger partial charge on any atom is 0.198 e. The fourth-order valence-corrected chi connectivity index (χ4v) is 3.18. The van der Waals surface area contributed by atoms with Gasteiger partial charge in [0.05, 0.1) is 19.7 Å². The van der Waals surface area contributed by atoms with E-state index in [2.05, 4.69) is 13.5 Å². The van der Waals surface area contributed by atoms with Crippen LogP contribution < -0.4 is 0 Å². The van der Waals surface area contributed by atoms with Gasteiger partial charge in [0.2, 0.25) is 0 Å². The van der Waals surface area contributed by atoms with Crippen LogP contribution in [0.3, 0.4) is 0 Å². The van der Waals surface area contributed by atoms with E-state index in [0.29, 0.717) is 0 Å². The third-order valence-corrected chi connectivity index (χ3v) is 4.56. The van der Waals surface area contributed by atoms with Crippen LogP contribution in [-0.2, 0) is 0 Å². The zero-order chi connectivity index (χ0) is 14.7. The molecular formula is C17H33N2O+. The topological polar surface area (TPSA) is 32.6 Å². The largest absolute Gasteiger partial charge is 0.390 e. The zero-order valence-electron chi connectivity index (χ0n) is 13.3. The number of nitrogens with zero attached hydrogens (tertiary/aromatic N) is 2. The molecule has 0 saturated carbocycles. The molecular weight excluding hydrogens is 248 g/mol. The van der Waals surface area contributed by atoms with Crippen LogP contribution in [0.4, 0.5) is 0 Å². The predicted octanol–water partition coefficient (Wildman–Crippen LogP) is 3.53. The van der Waals surface area contributed by atoms with Crippen LogP contribution in [0.5, 0.6) is 0 Å².